The van der Waals surface area contributed by atoms with Crippen molar-refractivity contribution in [3.63, 3.8) is 0 Å². The molecule has 0 aliphatic carbocycles. The van der Waals surface area contributed by atoms with Gasteiger partial charge in [0.25, 0.3) is 11.8 Å². The Kier molecular flexibility index (Phi) is 7.57. The van der Waals surface area contributed by atoms with Crippen LogP contribution in [-0.2, 0) is 14.3 Å². The van der Waals surface area contributed by atoms with E-state index in [1.807, 2.05) is 24.3 Å². The summed E-state index contributed by atoms with van der Waals surface area (Å²) < 4.78 is 16.8. The Balaban J connectivity index is 1.18. The first-order valence-corrected chi connectivity index (χ1v) is 11.6. The Morgan fingerprint density at radius 1 is 1.06 bits per heavy atom. The van der Waals surface area contributed by atoms with E-state index >= 15 is 0 Å². The van der Waals surface area contributed by atoms with Crippen LogP contribution in [0, 0.1) is 5.92 Å². The highest BCUT2D eigenvalue weighted by Gasteiger charge is 2.30. The normalized spacial score (nSPS) is 17.7. The molecule has 1 unspecified atom stereocenters. The Hall–Kier alpha value is -3.26. The number of halogens is 1. The van der Waals surface area contributed by atoms with Crippen LogP contribution >= 0.6 is 11.6 Å². The molecule has 9 heteroatoms. The second kappa shape index (κ2) is 10.8. The molecular weight excluding hydrogens is 460 g/mol. The molecule has 2 aliphatic rings. The average molecular weight is 487 g/mol. The number of piperidine rings is 1. The van der Waals surface area contributed by atoms with Crippen LogP contribution in [0.25, 0.3) is 0 Å². The number of likely N-dealkylation sites (tertiary alicyclic amines) is 1. The van der Waals surface area contributed by atoms with E-state index in [1.165, 1.54) is 4.90 Å². The molecule has 2 heterocycles. The largest absolute Gasteiger partial charge is 0.486 e. The van der Waals surface area contributed by atoms with Gasteiger partial charge in [-0.2, -0.15) is 0 Å². The van der Waals surface area contributed by atoms with Crippen molar-refractivity contribution >= 4 is 29.4 Å². The maximum atomic E-state index is 12.6. The molecule has 0 radical (unpaired) electrons. The van der Waals surface area contributed by atoms with Crippen LogP contribution in [0.3, 0.4) is 0 Å². The quantitative estimate of drug-likeness (QED) is 0.583. The van der Waals surface area contributed by atoms with Gasteiger partial charge in [0.1, 0.15) is 6.61 Å². The van der Waals surface area contributed by atoms with Gasteiger partial charge in [0.2, 0.25) is 0 Å². The highest BCUT2D eigenvalue weighted by molar-refractivity contribution is 6.30. The zero-order chi connectivity index (χ0) is 24.1. The highest BCUT2D eigenvalue weighted by atomic mass is 35.5. The summed E-state index contributed by atoms with van der Waals surface area (Å²) in [5, 5.41) is 0.572. The number of esters is 1. The third-order valence-electron chi connectivity index (χ3n) is 6.02. The fourth-order valence-corrected chi connectivity index (χ4v) is 4.14. The molecule has 2 aromatic rings. The number of hydrogen-bond acceptors (Lipinski definition) is 6. The van der Waals surface area contributed by atoms with E-state index < -0.39 is 5.97 Å². The smallest absolute Gasteiger partial charge is 0.309 e. The van der Waals surface area contributed by atoms with Crippen LogP contribution in [0.1, 0.15) is 23.2 Å². The molecule has 4 rings (SSSR count). The van der Waals surface area contributed by atoms with Gasteiger partial charge in [0, 0.05) is 30.7 Å². The Morgan fingerprint density at radius 3 is 2.44 bits per heavy atom. The molecule has 1 fully saturated rings. The molecule has 1 atom stereocenters. The third-order valence-corrected chi connectivity index (χ3v) is 6.27. The Morgan fingerprint density at radius 2 is 1.74 bits per heavy atom. The fourth-order valence-electron chi connectivity index (χ4n) is 4.01. The molecule has 180 valence electrons. The van der Waals surface area contributed by atoms with E-state index in [0.717, 1.165) is 0 Å². The van der Waals surface area contributed by atoms with Crippen LogP contribution in [0.5, 0.6) is 11.5 Å². The Bertz CT molecular complexity index is 1040. The van der Waals surface area contributed by atoms with Gasteiger partial charge < -0.3 is 24.0 Å². The number of benzene rings is 2. The lowest BCUT2D eigenvalue weighted by atomic mass is 9.96. The molecule has 0 bridgehead atoms. The predicted molar refractivity (Wildman–Crippen MR) is 125 cm³/mol. The maximum absolute atomic E-state index is 12.6. The minimum Gasteiger partial charge on any atom is -0.486 e. The molecular formula is C25H27ClN2O6. The van der Waals surface area contributed by atoms with Crippen molar-refractivity contribution in [2.45, 2.75) is 18.9 Å². The summed E-state index contributed by atoms with van der Waals surface area (Å²) in [5.41, 5.74) is 0.565. The van der Waals surface area contributed by atoms with Crippen LogP contribution in [0.2, 0.25) is 5.02 Å². The van der Waals surface area contributed by atoms with Crippen molar-refractivity contribution in [2.75, 3.05) is 39.9 Å². The number of rotatable bonds is 6. The zero-order valence-electron chi connectivity index (χ0n) is 18.9. The van der Waals surface area contributed by atoms with E-state index in [9.17, 15) is 14.4 Å². The molecule has 2 aromatic carbocycles. The second-order valence-electron chi connectivity index (χ2n) is 8.45. The molecule has 0 aromatic heterocycles. The molecule has 0 saturated carbocycles. The van der Waals surface area contributed by atoms with Crippen molar-refractivity contribution in [1.82, 2.24) is 9.80 Å². The number of amides is 2. The molecule has 8 nitrogen and oxygen atoms in total. The summed E-state index contributed by atoms with van der Waals surface area (Å²) >= 11 is 5.88. The summed E-state index contributed by atoms with van der Waals surface area (Å²) in [5.74, 6) is 0.183. The summed E-state index contributed by atoms with van der Waals surface area (Å²) in [4.78, 5) is 40.7. The van der Waals surface area contributed by atoms with Gasteiger partial charge in [0.05, 0.1) is 12.5 Å². The number of ether oxygens (including phenoxy) is 3. The minimum atomic E-state index is -0.411. The number of hydrogen-bond donors (Lipinski definition) is 0. The van der Waals surface area contributed by atoms with E-state index in [0.29, 0.717) is 61.2 Å². The maximum Gasteiger partial charge on any atom is 0.309 e. The average Bonchev–Trinajstić information content (AvgIpc) is 2.87. The molecule has 0 spiro atoms. The fraction of sp³-hybridized carbons (Fsp3) is 0.400. The van der Waals surface area contributed by atoms with Gasteiger partial charge in [-0.3, -0.25) is 14.4 Å². The number of fused-ring (bicyclic) bond motifs is 1. The molecule has 0 N–H and O–H groups in total. The first-order valence-electron chi connectivity index (χ1n) is 11.2. The van der Waals surface area contributed by atoms with Crippen molar-refractivity contribution < 1.29 is 28.6 Å². The zero-order valence-corrected chi connectivity index (χ0v) is 19.7. The van der Waals surface area contributed by atoms with Gasteiger partial charge in [0.15, 0.2) is 24.2 Å². The monoisotopic (exact) mass is 486 g/mol. The van der Waals surface area contributed by atoms with Crippen LogP contribution in [0.15, 0.2) is 48.5 Å². The van der Waals surface area contributed by atoms with Gasteiger partial charge in [-0.15, -0.1) is 0 Å². The third kappa shape index (κ3) is 5.80. The van der Waals surface area contributed by atoms with Crippen LogP contribution in [0.4, 0.5) is 0 Å². The standard InChI is InChI=1S/C25H27ClN2O6/c1-27(14-20-15-32-21-4-2-3-5-22(21)34-20)23(29)16-33-25(31)18-10-12-28(13-11-18)24(30)17-6-8-19(26)9-7-17/h2-9,18,20H,10-16H2,1H3. The van der Waals surface area contributed by atoms with Gasteiger partial charge in [-0.25, -0.2) is 0 Å². The minimum absolute atomic E-state index is 0.0863. The SMILES string of the molecule is CN(CC1COc2ccccc2O1)C(=O)COC(=O)C1CCN(C(=O)c2ccc(Cl)cc2)CC1. The lowest BCUT2D eigenvalue weighted by Crippen LogP contribution is -2.44. The van der Waals surface area contributed by atoms with Gasteiger partial charge in [-0.05, 0) is 49.2 Å². The summed E-state index contributed by atoms with van der Waals surface area (Å²) in [6, 6.07) is 14.1. The van der Waals surface area contributed by atoms with E-state index in [-0.39, 0.29) is 30.4 Å². The predicted octanol–water partition coefficient (Wildman–Crippen LogP) is 3.03. The highest BCUT2D eigenvalue weighted by Crippen LogP contribution is 2.31. The van der Waals surface area contributed by atoms with Crippen molar-refractivity contribution in [3.05, 3.63) is 59.1 Å². The van der Waals surface area contributed by atoms with E-state index in [4.69, 9.17) is 25.8 Å². The van der Waals surface area contributed by atoms with Gasteiger partial charge >= 0.3 is 5.97 Å². The van der Waals surface area contributed by atoms with Crippen molar-refractivity contribution in [1.29, 1.82) is 0 Å². The number of carbonyl (C=O) groups is 3. The van der Waals surface area contributed by atoms with Crippen molar-refractivity contribution in [3.8, 4) is 11.5 Å². The number of para-hydroxylation sites is 2. The summed E-state index contributed by atoms with van der Waals surface area (Å²) in [6.07, 6.45) is 0.686. The Labute approximate surface area is 203 Å². The molecule has 2 aliphatic heterocycles. The number of likely N-dealkylation sites (N-methyl/N-ethyl adjacent to an activating group) is 1. The first kappa shape index (κ1) is 23.9. The second-order valence-corrected chi connectivity index (χ2v) is 8.89. The summed E-state index contributed by atoms with van der Waals surface area (Å²) in [7, 11) is 1.64. The summed E-state index contributed by atoms with van der Waals surface area (Å²) in [6.45, 7) is 1.23. The first-order chi connectivity index (χ1) is 16.4. The van der Waals surface area contributed by atoms with Crippen LogP contribution < -0.4 is 9.47 Å². The lowest BCUT2D eigenvalue weighted by molar-refractivity contribution is -0.156. The van der Waals surface area contributed by atoms with E-state index in [1.54, 1.807) is 36.2 Å². The van der Waals surface area contributed by atoms with Crippen LogP contribution in [-0.4, -0.2) is 73.6 Å². The molecule has 1 saturated heterocycles. The molecule has 2 amide bonds. The number of carbonyl (C=O) groups excluding carboxylic acids is 3. The topological polar surface area (TPSA) is 85.4 Å². The van der Waals surface area contributed by atoms with Gasteiger partial charge in [-0.1, -0.05) is 23.7 Å². The molecule has 34 heavy (non-hydrogen) atoms. The number of nitrogens with zero attached hydrogens (tertiary/aromatic N) is 2. The lowest BCUT2D eigenvalue weighted by Gasteiger charge is -2.31. The van der Waals surface area contributed by atoms with E-state index in [2.05, 4.69) is 0 Å². The van der Waals surface area contributed by atoms with Crippen molar-refractivity contribution in [2.24, 2.45) is 5.92 Å².